The molecule has 0 aliphatic carbocycles. The maximum atomic E-state index is 11.9. The zero-order valence-corrected chi connectivity index (χ0v) is 16.1. The lowest BCUT2D eigenvalue weighted by molar-refractivity contribution is -0.115. The Kier molecular flexibility index (Phi) is 7.47. The first-order chi connectivity index (χ1) is 12.4. The van der Waals surface area contributed by atoms with Crippen LogP contribution in [0.5, 0.6) is 5.75 Å². The molecule has 0 aliphatic rings. The summed E-state index contributed by atoms with van der Waals surface area (Å²) in [5.41, 5.74) is 2.75. The van der Waals surface area contributed by atoms with Crippen LogP contribution in [0.25, 0.3) is 0 Å². The van der Waals surface area contributed by atoms with E-state index in [4.69, 9.17) is 0 Å². The van der Waals surface area contributed by atoms with E-state index in [0.29, 0.717) is 12.2 Å². The predicted molar refractivity (Wildman–Crippen MR) is 105 cm³/mol. The van der Waals surface area contributed by atoms with Crippen LogP contribution in [-0.4, -0.2) is 30.1 Å². The number of hydrogen-bond donors (Lipinski definition) is 4. The average Bonchev–Trinajstić information content (AvgIpc) is 2.61. The van der Waals surface area contributed by atoms with E-state index in [9.17, 15) is 14.7 Å². The van der Waals surface area contributed by atoms with Crippen LogP contribution in [0.1, 0.15) is 17.5 Å². The van der Waals surface area contributed by atoms with Crippen molar-refractivity contribution in [1.29, 1.82) is 0 Å². The minimum atomic E-state index is -0.376. The van der Waals surface area contributed by atoms with E-state index in [0.717, 1.165) is 28.4 Å². The molecule has 2 rings (SSSR count). The monoisotopic (exact) mass is 419 g/mol. The van der Waals surface area contributed by atoms with E-state index < -0.39 is 0 Å². The van der Waals surface area contributed by atoms with E-state index >= 15 is 0 Å². The van der Waals surface area contributed by atoms with Crippen LogP contribution in [0.4, 0.5) is 10.5 Å². The van der Waals surface area contributed by atoms with Gasteiger partial charge in [0.25, 0.3) is 0 Å². The Bertz CT molecular complexity index is 763. The highest BCUT2D eigenvalue weighted by molar-refractivity contribution is 9.10. The Hall–Kier alpha value is -2.54. The molecule has 26 heavy (non-hydrogen) atoms. The van der Waals surface area contributed by atoms with Gasteiger partial charge in [-0.25, -0.2) is 4.79 Å². The fourth-order valence-corrected chi connectivity index (χ4v) is 2.82. The number of halogens is 1. The lowest BCUT2D eigenvalue weighted by Crippen LogP contribution is -2.40. The van der Waals surface area contributed by atoms with Crippen molar-refractivity contribution >= 4 is 33.6 Å². The molecule has 0 bridgehead atoms. The van der Waals surface area contributed by atoms with E-state index in [1.54, 1.807) is 18.2 Å². The summed E-state index contributed by atoms with van der Waals surface area (Å²) in [6, 6.07) is 12.2. The maximum Gasteiger partial charge on any atom is 0.315 e. The number of nitrogens with one attached hydrogen (secondary N) is 3. The fourth-order valence-electron chi connectivity index (χ4n) is 2.34. The van der Waals surface area contributed by atoms with Crippen molar-refractivity contribution in [2.75, 3.05) is 18.4 Å². The Labute approximate surface area is 161 Å². The number of aryl methyl sites for hydroxylation is 2. The quantitative estimate of drug-likeness (QED) is 0.518. The summed E-state index contributed by atoms with van der Waals surface area (Å²) in [5, 5.41) is 17.2. The second kappa shape index (κ2) is 9.82. The summed E-state index contributed by atoms with van der Waals surface area (Å²) in [4.78, 5) is 23.6. The van der Waals surface area contributed by atoms with Crippen molar-refractivity contribution in [2.24, 2.45) is 0 Å². The van der Waals surface area contributed by atoms with E-state index in [-0.39, 0.29) is 24.2 Å². The summed E-state index contributed by atoms with van der Waals surface area (Å²) in [6.45, 7) is 2.30. The highest BCUT2D eigenvalue weighted by atomic mass is 79.9. The van der Waals surface area contributed by atoms with Crippen molar-refractivity contribution in [2.45, 2.75) is 19.8 Å². The summed E-state index contributed by atoms with van der Waals surface area (Å²) < 4.78 is 0.942. The minimum absolute atomic E-state index is 0.0979. The summed E-state index contributed by atoms with van der Waals surface area (Å²) in [7, 11) is 0. The number of hydrogen-bond acceptors (Lipinski definition) is 3. The number of anilines is 1. The molecule has 0 saturated carbocycles. The number of amides is 3. The first-order valence-electron chi connectivity index (χ1n) is 8.29. The normalized spacial score (nSPS) is 10.2. The number of phenols is 1. The molecule has 2 aromatic rings. The molecule has 3 amide bonds. The van der Waals surface area contributed by atoms with Gasteiger partial charge in [0.1, 0.15) is 5.75 Å². The van der Waals surface area contributed by atoms with Gasteiger partial charge in [-0.1, -0.05) is 28.1 Å². The Morgan fingerprint density at radius 2 is 1.81 bits per heavy atom. The molecule has 0 fully saturated rings. The summed E-state index contributed by atoms with van der Waals surface area (Å²) >= 11 is 3.37. The number of aromatic hydroxyl groups is 1. The third-order valence-corrected chi connectivity index (χ3v) is 4.23. The van der Waals surface area contributed by atoms with E-state index in [1.807, 2.05) is 31.2 Å². The Balaban J connectivity index is 1.63. The van der Waals surface area contributed by atoms with E-state index in [2.05, 4.69) is 31.9 Å². The third kappa shape index (κ3) is 6.76. The number of carbonyl (C=O) groups is 2. The van der Waals surface area contributed by atoms with Crippen molar-refractivity contribution in [3.05, 3.63) is 58.1 Å². The van der Waals surface area contributed by atoms with Crippen LogP contribution in [0.2, 0.25) is 0 Å². The van der Waals surface area contributed by atoms with Gasteiger partial charge < -0.3 is 21.1 Å². The van der Waals surface area contributed by atoms with Gasteiger partial charge in [0.15, 0.2) is 0 Å². The van der Waals surface area contributed by atoms with Crippen LogP contribution >= 0.6 is 15.9 Å². The second-order valence-electron chi connectivity index (χ2n) is 5.89. The summed E-state index contributed by atoms with van der Waals surface area (Å²) in [6.07, 6.45) is 1.56. The average molecular weight is 420 g/mol. The smallest absolute Gasteiger partial charge is 0.315 e. The largest absolute Gasteiger partial charge is 0.508 e. The molecule has 0 aromatic heterocycles. The molecular formula is C19H22BrN3O3. The number of phenolic OH excluding ortho intramolecular Hbond substituents is 1. The number of carbonyl (C=O) groups excluding carboxylic acids is 2. The highest BCUT2D eigenvalue weighted by Crippen LogP contribution is 2.19. The van der Waals surface area contributed by atoms with Crippen LogP contribution in [0.3, 0.4) is 0 Å². The third-order valence-electron chi connectivity index (χ3n) is 3.74. The molecule has 0 unspecified atom stereocenters. The van der Waals surface area contributed by atoms with Crippen molar-refractivity contribution in [3.63, 3.8) is 0 Å². The zero-order chi connectivity index (χ0) is 18.9. The molecule has 6 nitrogen and oxygen atoms in total. The molecule has 0 heterocycles. The molecule has 0 aliphatic heterocycles. The standard InChI is InChI=1S/C19H22BrN3O3/c1-13-11-15(20)6-9-17(13)23-18(25)12-22-19(26)21-10-2-3-14-4-7-16(24)8-5-14/h4-9,11,24H,2-3,10,12H2,1H3,(H,23,25)(H2,21,22,26). The fraction of sp³-hybridized carbons (Fsp3) is 0.263. The molecule has 4 N–H and O–H groups in total. The Morgan fingerprint density at radius 3 is 2.50 bits per heavy atom. The number of rotatable bonds is 7. The molecule has 7 heteroatoms. The van der Waals surface area contributed by atoms with Gasteiger partial charge in [-0.2, -0.15) is 0 Å². The molecule has 0 spiro atoms. The topological polar surface area (TPSA) is 90.5 Å². The van der Waals surface area contributed by atoms with Crippen LogP contribution < -0.4 is 16.0 Å². The molecule has 0 saturated heterocycles. The van der Waals surface area contributed by atoms with Gasteiger partial charge in [0.05, 0.1) is 6.54 Å². The van der Waals surface area contributed by atoms with Gasteiger partial charge in [-0.15, -0.1) is 0 Å². The first-order valence-corrected chi connectivity index (χ1v) is 9.09. The molecule has 138 valence electrons. The minimum Gasteiger partial charge on any atom is -0.508 e. The zero-order valence-electron chi connectivity index (χ0n) is 14.5. The number of urea groups is 1. The van der Waals surface area contributed by atoms with Gasteiger partial charge in [0.2, 0.25) is 5.91 Å². The van der Waals surface area contributed by atoms with E-state index in [1.165, 1.54) is 0 Å². The lowest BCUT2D eigenvalue weighted by Gasteiger charge is -2.10. The molecule has 2 aromatic carbocycles. The second-order valence-corrected chi connectivity index (χ2v) is 6.80. The highest BCUT2D eigenvalue weighted by Gasteiger charge is 2.07. The van der Waals surface area contributed by atoms with Crippen LogP contribution in [-0.2, 0) is 11.2 Å². The maximum absolute atomic E-state index is 11.9. The van der Waals surface area contributed by atoms with Gasteiger partial charge >= 0.3 is 6.03 Å². The first kappa shape index (κ1) is 19.8. The Morgan fingerprint density at radius 1 is 1.08 bits per heavy atom. The molecule has 0 radical (unpaired) electrons. The van der Waals surface area contributed by atoms with Crippen molar-refractivity contribution in [3.8, 4) is 5.75 Å². The van der Waals surface area contributed by atoms with Gasteiger partial charge in [-0.3, -0.25) is 4.79 Å². The predicted octanol–water partition coefficient (Wildman–Crippen LogP) is 3.33. The molecule has 0 atom stereocenters. The van der Waals surface area contributed by atoms with Gasteiger partial charge in [-0.05, 0) is 61.2 Å². The molecular weight excluding hydrogens is 398 g/mol. The lowest BCUT2D eigenvalue weighted by atomic mass is 10.1. The number of benzene rings is 2. The van der Waals surface area contributed by atoms with Crippen molar-refractivity contribution in [1.82, 2.24) is 10.6 Å². The van der Waals surface area contributed by atoms with Crippen molar-refractivity contribution < 1.29 is 14.7 Å². The van der Waals surface area contributed by atoms with Crippen LogP contribution in [0.15, 0.2) is 46.9 Å². The van der Waals surface area contributed by atoms with Crippen LogP contribution in [0, 0.1) is 6.92 Å². The van der Waals surface area contributed by atoms with Gasteiger partial charge in [0, 0.05) is 16.7 Å². The SMILES string of the molecule is Cc1cc(Br)ccc1NC(=O)CNC(=O)NCCCc1ccc(O)cc1. The summed E-state index contributed by atoms with van der Waals surface area (Å²) in [5.74, 6) is -0.0440.